The molecule has 0 radical (unpaired) electrons. The minimum atomic E-state index is 0.00482. The minimum Gasteiger partial charge on any atom is -0.282 e. The Bertz CT molecular complexity index is 223. The summed E-state index contributed by atoms with van der Waals surface area (Å²) in [7, 11) is 2.00. The molecule has 66 valence electrons. The van der Waals surface area contributed by atoms with E-state index in [0.29, 0.717) is 0 Å². The third kappa shape index (κ3) is 3.09. The van der Waals surface area contributed by atoms with Crippen LogP contribution >= 0.6 is 25.3 Å². The van der Waals surface area contributed by atoms with Crippen molar-refractivity contribution >= 4 is 25.3 Å². The van der Waals surface area contributed by atoms with E-state index in [9.17, 15) is 0 Å². The molecule has 12 heavy (non-hydrogen) atoms. The van der Waals surface area contributed by atoms with E-state index in [1.807, 2.05) is 25.2 Å². The maximum atomic E-state index is 4.21. The Morgan fingerprint density at radius 1 is 1.25 bits per heavy atom. The van der Waals surface area contributed by atoms with Gasteiger partial charge in [-0.05, 0) is 12.6 Å². The SMILES string of the molecule is CN(Cc1ccccc1)C(S)S. The first-order valence-electron chi connectivity index (χ1n) is 3.80. The largest absolute Gasteiger partial charge is 0.282 e. The third-order valence-electron chi connectivity index (χ3n) is 1.67. The first-order chi connectivity index (χ1) is 5.70. The fourth-order valence-electron chi connectivity index (χ4n) is 0.953. The summed E-state index contributed by atoms with van der Waals surface area (Å²) in [6, 6.07) is 10.3. The summed E-state index contributed by atoms with van der Waals surface area (Å²) in [5.74, 6) is 0. The van der Waals surface area contributed by atoms with E-state index in [-0.39, 0.29) is 4.71 Å². The topological polar surface area (TPSA) is 3.24 Å². The third-order valence-corrected chi connectivity index (χ3v) is 2.46. The summed E-state index contributed by atoms with van der Waals surface area (Å²) in [6.07, 6.45) is 0. The van der Waals surface area contributed by atoms with Gasteiger partial charge in [-0.3, -0.25) is 4.90 Å². The van der Waals surface area contributed by atoms with Gasteiger partial charge in [-0.25, -0.2) is 0 Å². The fourth-order valence-corrected chi connectivity index (χ4v) is 1.12. The van der Waals surface area contributed by atoms with Crippen LogP contribution in [0, 0.1) is 0 Å². The minimum absolute atomic E-state index is 0.00482. The van der Waals surface area contributed by atoms with Gasteiger partial charge in [0, 0.05) is 6.54 Å². The average molecular weight is 199 g/mol. The van der Waals surface area contributed by atoms with Gasteiger partial charge in [0.15, 0.2) is 0 Å². The Balaban J connectivity index is 2.53. The second-order valence-corrected chi connectivity index (χ2v) is 4.13. The molecule has 0 saturated carbocycles. The van der Waals surface area contributed by atoms with E-state index >= 15 is 0 Å². The molecule has 0 heterocycles. The summed E-state index contributed by atoms with van der Waals surface area (Å²) in [4.78, 5) is 2.06. The summed E-state index contributed by atoms with van der Waals surface area (Å²) >= 11 is 8.43. The highest BCUT2D eigenvalue weighted by atomic mass is 32.2. The van der Waals surface area contributed by atoms with Crippen LogP contribution in [0.25, 0.3) is 0 Å². The quantitative estimate of drug-likeness (QED) is 0.558. The molecule has 0 saturated heterocycles. The van der Waals surface area contributed by atoms with Gasteiger partial charge in [0.05, 0.1) is 4.71 Å². The molecule has 0 spiro atoms. The van der Waals surface area contributed by atoms with E-state index in [0.717, 1.165) is 6.54 Å². The molecule has 3 heteroatoms. The smallest absolute Gasteiger partial charge is 0.0970 e. The first kappa shape index (κ1) is 9.96. The number of thiol groups is 2. The summed E-state index contributed by atoms with van der Waals surface area (Å²) in [6.45, 7) is 0.887. The Kier molecular flexibility index (Phi) is 3.98. The molecule has 0 atom stereocenters. The summed E-state index contributed by atoms with van der Waals surface area (Å²) < 4.78 is 0.00482. The summed E-state index contributed by atoms with van der Waals surface area (Å²) in [5, 5.41) is 0. The molecule has 1 aromatic rings. The van der Waals surface area contributed by atoms with Crippen molar-refractivity contribution in [1.29, 1.82) is 0 Å². The predicted molar refractivity (Wildman–Crippen MR) is 59.7 cm³/mol. The van der Waals surface area contributed by atoms with Crippen LogP contribution in [0.3, 0.4) is 0 Å². The van der Waals surface area contributed by atoms with Crippen LogP contribution < -0.4 is 0 Å². The lowest BCUT2D eigenvalue weighted by Gasteiger charge is -2.19. The maximum absolute atomic E-state index is 4.21. The van der Waals surface area contributed by atoms with Crippen LogP contribution in [0.5, 0.6) is 0 Å². The van der Waals surface area contributed by atoms with Crippen LogP contribution in [0.4, 0.5) is 0 Å². The zero-order valence-electron chi connectivity index (χ0n) is 7.01. The molecule has 1 rings (SSSR count). The van der Waals surface area contributed by atoms with E-state index in [1.165, 1.54) is 5.56 Å². The molecule has 0 aliphatic heterocycles. The van der Waals surface area contributed by atoms with E-state index in [1.54, 1.807) is 0 Å². The highest BCUT2D eigenvalue weighted by Gasteiger charge is 2.03. The lowest BCUT2D eigenvalue weighted by molar-refractivity contribution is 0.368. The van der Waals surface area contributed by atoms with Gasteiger partial charge in [0.2, 0.25) is 0 Å². The summed E-state index contributed by atoms with van der Waals surface area (Å²) in [5.41, 5.74) is 1.29. The van der Waals surface area contributed by atoms with Crippen LogP contribution in [-0.2, 0) is 6.54 Å². The molecule has 0 bridgehead atoms. The van der Waals surface area contributed by atoms with E-state index in [4.69, 9.17) is 0 Å². The van der Waals surface area contributed by atoms with Gasteiger partial charge < -0.3 is 0 Å². The molecule has 0 fully saturated rings. The second-order valence-electron chi connectivity index (χ2n) is 2.75. The molecule has 1 aromatic carbocycles. The molecule has 0 N–H and O–H groups in total. The van der Waals surface area contributed by atoms with Gasteiger partial charge in [-0.1, -0.05) is 30.3 Å². The van der Waals surface area contributed by atoms with E-state index < -0.39 is 0 Å². The van der Waals surface area contributed by atoms with Crippen LogP contribution in [0.1, 0.15) is 5.56 Å². The zero-order valence-corrected chi connectivity index (χ0v) is 8.80. The average Bonchev–Trinajstić information content (AvgIpc) is 2.06. The normalized spacial score (nSPS) is 11.1. The van der Waals surface area contributed by atoms with Gasteiger partial charge in [0.1, 0.15) is 0 Å². The van der Waals surface area contributed by atoms with E-state index in [2.05, 4.69) is 42.3 Å². The van der Waals surface area contributed by atoms with Crippen molar-refractivity contribution in [2.45, 2.75) is 11.3 Å². The number of hydrogen-bond acceptors (Lipinski definition) is 3. The van der Waals surface area contributed by atoms with Crippen molar-refractivity contribution in [2.24, 2.45) is 0 Å². The van der Waals surface area contributed by atoms with Crippen LogP contribution in [-0.4, -0.2) is 16.7 Å². The Morgan fingerprint density at radius 3 is 2.33 bits per heavy atom. The second kappa shape index (κ2) is 4.80. The molecule has 0 aromatic heterocycles. The zero-order chi connectivity index (χ0) is 8.97. The van der Waals surface area contributed by atoms with Gasteiger partial charge >= 0.3 is 0 Å². The Labute approximate surface area is 84.6 Å². The number of benzene rings is 1. The molecular formula is C9H13NS2. The molecule has 0 unspecified atom stereocenters. The molecular weight excluding hydrogens is 186 g/mol. The van der Waals surface area contributed by atoms with Gasteiger partial charge in [0.25, 0.3) is 0 Å². The lowest BCUT2D eigenvalue weighted by atomic mass is 10.2. The first-order valence-corrected chi connectivity index (χ1v) is 4.84. The monoisotopic (exact) mass is 199 g/mol. The Hall–Kier alpha value is -0.120. The standard InChI is InChI=1S/C9H13NS2/c1-10(9(11)12)7-8-5-3-2-4-6-8/h2-6,9,11-12H,7H2,1H3. The van der Waals surface area contributed by atoms with Crippen molar-refractivity contribution in [2.75, 3.05) is 7.05 Å². The van der Waals surface area contributed by atoms with Crippen LogP contribution in [0.2, 0.25) is 0 Å². The van der Waals surface area contributed by atoms with Crippen molar-refractivity contribution in [3.05, 3.63) is 35.9 Å². The number of rotatable bonds is 3. The highest BCUT2D eigenvalue weighted by molar-refractivity contribution is 7.99. The molecule has 0 aliphatic carbocycles. The van der Waals surface area contributed by atoms with Crippen molar-refractivity contribution in [1.82, 2.24) is 4.90 Å². The van der Waals surface area contributed by atoms with Crippen molar-refractivity contribution < 1.29 is 0 Å². The molecule has 0 amide bonds. The van der Waals surface area contributed by atoms with Crippen molar-refractivity contribution in [3.8, 4) is 0 Å². The predicted octanol–water partition coefficient (Wildman–Crippen LogP) is 2.26. The number of hydrogen-bond donors (Lipinski definition) is 2. The highest BCUT2D eigenvalue weighted by Crippen LogP contribution is 2.10. The number of nitrogens with zero attached hydrogens (tertiary/aromatic N) is 1. The lowest BCUT2D eigenvalue weighted by Crippen LogP contribution is -2.21. The van der Waals surface area contributed by atoms with Crippen LogP contribution in [0.15, 0.2) is 30.3 Å². The van der Waals surface area contributed by atoms with Gasteiger partial charge in [-0.2, -0.15) is 0 Å². The molecule has 0 aliphatic rings. The van der Waals surface area contributed by atoms with Gasteiger partial charge in [-0.15, -0.1) is 25.3 Å². The van der Waals surface area contributed by atoms with Crippen molar-refractivity contribution in [3.63, 3.8) is 0 Å². The maximum Gasteiger partial charge on any atom is 0.0970 e. The Morgan fingerprint density at radius 2 is 1.83 bits per heavy atom. The molecule has 1 nitrogen and oxygen atoms in total. The fraction of sp³-hybridized carbons (Fsp3) is 0.333.